The third-order valence-electron chi connectivity index (χ3n) is 7.47. The molecule has 0 aliphatic carbocycles. The normalized spacial score (nSPS) is 21.5. The van der Waals surface area contributed by atoms with E-state index in [2.05, 4.69) is 79.6 Å². The molecule has 1 aliphatic rings. The molecule has 5 atom stereocenters. The van der Waals surface area contributed by atoms with Crippen LogP contribution >= 0.6 is 0 Å². The molecule has 4 aromatic carbocycles. The lowest BCUT2D eigenvalue weighted by Gasteiger charge is -2.45. The van der Waals surface area contributed by atoms with Crippen molar-refractivity contribution in [3.8, 4) is 11.5 Å². The molecule has 0 N–H and O–H groups in total. The lowest BCUT2D eigenvalue weighted by atomic mass is 9.94. The second-order valence-electron chi connectivity index (χ2n) is 12.4. The van der Waals surface area contributed by atoms with Crippen molar-refractivity contribution in [3.63, 3.8) is 0 Å². The average Bonchev–Trinajstić information content (AvgIpc) is 3.06. The van der Waals surface area contributed by atoms with Crippen LogP contribution in [0.5, 0.6) is 0 Å². The molecule has 5 rings (SSSR count). The van der Waals surface area contributed by atoms with Crippen LogP contribution in [0.3, 0.4) is 0 Å². The van der Waals surface area contributed by atoms with Gasteiger partial charge in [-0.25, -0.2) is 0 Å². The Labute approximate surface area is 269 Å². The van der Waals surface area contributed by atoms with E-state index in [1.165, 1.54) is 0 Å². The maximum atomic E-state index is 6.80. The highest BCUT2D eigenvalue weighted by atomic mass is 28.3. The minimum atomic E-state index is -1.72. The van der Waals surface area contributed by atoms with Crippen molar-refractivity contribution in [1.82, 2.24) is 0 Å². The number of benzene rings is 4. The predicted molar refractivity (Wildman–Crippen MR) is 181 cm³/mol. The zero-order valence-corrected chi connectivity index (χ0v) is 27.5. The molecule has 0 amide bonds. The van der Waals surface area contributed by atoms with Crippen molar-refractivity contribution in [2.75, 3.05) is 6.61 Å². The first-order valence-electron chi connectivity index (χ1n) is 15.7. The molecular weight excluding hydrogens is 577 g/mol. The van der Waals surface area contributed by atoms with Gasteiger partial charge >= 0.3 is 0 Å². The highest BCUT2D eigenvalue weighted by molar-refractivity contribution is 6.83. The summed E-state index contributed by atoms with van der Waals surface area (Å²) in [5.41, 5.74) is 7.87. The van der Waals surface area contributed by atoms with Gasteiger partial charge in [-0.05, 0) is 22.3 Å². The predicted octanol–water partition coefficient (Wildman–Crippen LogP) is 7.61. The second-order valence-corrected chi connectivity index (χ2v) is 17.1. The summed E-state index contributed by atoms with van der Waals surface area (Å²) in [4.78, 5) is 0. The molecule has 1 fully saturated rings. The van der Waals surface area contributed by atoms with Gasteiger partial charge in [0.1, 0.15) is 38.6 Å². The molecule has 5 nitrogen and oxygen atoms in total. The Balaban J connectivity index is 1.46. The molecule has 6 heteroatoms. The highest BCUT2D eigenvalue weighted by Gasteiger charge is 2.48. The van der Waals surface area contributed by atoms with Gasteiger partial charge < -0.3 is 23.7 Å². The van der Waals surface area contributed by atoms with Gasteiger partial charge in [0.15, 0.2) is 0 Å². The summed E-state index contributed by atoms with van der Waals surface area (Å²) in [6.45, 7) is 8.73. The van der Waals surface area contributed by atoms with Crippen LogP contribution in [-0.2, 0) is 50.1 Å². The van der Waals surface area contributed by atoms with E-state index in [-0.39, 0.29) is 0 Å². The van der Waals surface area contributed by atoms with Crippen LogP contribution in [0.15, 0.2) is 121 Å². The maximum Gasteiger partial charge on any atom is 0.146 e. The summed E-state index contributed by atoms with van der Waals surface area (Å²) in [6.07, 6.45) is -2.34. The van der Waals surface area contributed by atoms with Crippen LogP contribution in [0.4, 0.5) is 0 Å². The molecule has 0 spiro atoms. The number of ether oxygens (including phenoxy) is 5. The van der Waals surface area contributed by atoms with Gasteiger partial charge in [-0.15, -0.1) is 5.54 Å². The zero-order chi connectivity index (χ0) is 31.3. The molecular formula is C39H44O5Si. The first kappa shape index (κ1) is 32.8. The van der Waals surface area contributed by atoms with E-state index < -0.39 is 38.6 Å². The molecule has 234 valence electrons. The van der Waals surface area contributed by atoms with Crippen molar-refractivity contribution in [2.45, 2.75) is 76.6 Å². The van der Waals surface area contributed by atoms with Gasteiger partial charge in [-0.3, -0.25) is 0 Å². The molecule has 45 heavy (non-hydrogen) atoms. The van der Waals surface area contributed by atoms with Crippen LogP contribution in [-0.4, -0.2) is 45.2 Å². The Kier molecular flexibility index (Phi) is 12.2. The lowest BCUT2D eigenvalue weighted by molar-refractivity contribution is -0.261. The maximum absolute atomic E-state index is 6.80. The van der Waals surface area contributed by atoms with Gasteiger partial charge in [0.05, 0.1) is 33.0 Å². The number of hydrogen-bond acceptors (Lipinski definition) is 5. The summed E-state index contributed by atoms with van der Waals surface area (Å²) in [6, 6.07) is 40.7. The SMILES string of the molecule is C[Si](C)(C)C#CC1O[C@H](COCc2ccccc2)[C@@H](OCc2ccccc2)[C@@H](OCc2ccccc2)[C@@H]1OCc1ccccc1. The van der Waals surface area contributed by atoms with E-state index in [4.69, 9.17) is 23.7 Å². The Hall–Kier alpha value is -3.54. The van der Waals surface area contributed by atoms with Crippen LogP contribution in [0, 0.1) is 11.5 Å². The van der Waals surface area contributed by atoms with Gasteiger partial charge in [-0.1, -0.05) is 147 Å². The summed E-state index contributed by atoms with van der Waals surface area (Å²) in [7, 11) is -1.72. The van der Waals surface area contributed by atoms with Gasteiger partial charge in [0, 0.05) is 0 Å². The van der Waals surface area contributed by atoms with E-state index >= 15 is 0 Å². The van der Waals surface area contributed by atoms with Crippen LogP contribution in [0.2, 0.25) is 19.6 Å². The average molecular weight is 621 g/mol. The number of hydrogen-bond donors (Lipinski definition) is 0. The van der Waals surface area contributed by atoms with Gasteiger partial charge in [0.2, 0.25) is 0 Å². The molecule has 0 radical (unpaired) electrons. The highest BCUT2D eigenvalue weighted by Crippen LogP contribution is 2.31. The second kappa shape index (κ2) is 16.7. The molecule has 1 heterocycles. The molecule has 0 aromatic heterocycles. The first-order chi connectivity index (χ1) is 21.9. The van der Waals surface area contributed by atoms with Crippen molar-refractivity contribution in [2.24, 2.45) is 0 Å². The Morgan fingerprint density at radius 1 is 0.533 bits per heavy atom. The minimum absolute atomic E-state index is 0.329. The Morgan fingerprint density at radius 3 is 1.38 bits per heavy atom. The fourth-order valence-corrected chi connectivity index (χ4v) is 5.77. The zero-order valence-electron chi connectivity index (χ0n) is 26.5. The fraction of sp³-hybridized carbons (Fsp3) is 0.333. The Morgan fingerprint density at radius 2 is 0.933 bits per heavy atom. The summed E-state index contributed by atoms with van der Waals surface area (Å²) in [5, 5.41) is 0. The van der Waals surface area contributed by atoms with Gasteiger partial charge in [0.25, 0.3) is 0 Å². The molecule has 0 saturated carbocycles. The van der Waals surface area contributed by atoms with Crippen LogP contribution < -0.4 is 0 Å². The fourth-order valence-electron chi connectivity index (χ4n) is 5.19. The topological polar surface area (TPSA) is 46.2 Å². The van der Waals surface area contributed by atoms with Crippen LogP contribution in [0.1, 0.15) is 22.3 Å². The van der Waals surface area contributed by atoms with E-state index in [9.17, 15) is 0 Å². The lowest BCUT2D eigenvalue weighted by Crippen LogP contribution is -2.61. The molecule has 0 bridgehead atoms. The van der Waals surface area contributed by atoms with E-state index in [0.717, 1.165) is 22.3 Å². The standard InChI is InChI=1S/C39H44O5Si/c1-45(2,3)25-24-35-37(41-27-32-18-10-5-11-19-32)39(43-29-34-22-14-7-15-23-34)38(42-28-33-20-12-6-13-21-33)36(44-35)30-40-26-31-16-8-4-9-17-31/h4-23,35-39H,26-30H2,1-3H3/t35?,36-,37-,38-,39+/m1/s1. The summed E-state index contributed by atoms with van der Waals surface area (Å²) < 4.78 is 33.3. The number of rotatable bonds is 13. The Bertz CT molecular complexity index is 1470. The summed E-state index contributed by atoms with van der Waals surface area (Å²) >= 11 is 0. The smallest absolute Gasteiger partial charge is 0.146 e. The third kappa shape index (κ3) is 10.5. The van der Waals surface area contributed by atoms with Crippen molar-refractivity contribution < 1.29 is 23.7 Å². The first-order valence-corrected chi connectivity index (χ1v) is 19.2. The monoisotopic (exact) mass is 620 g/mol. The third-order valence-corrected chi connectivity index (χ3v) is 8.37. The minimum Gasteiger partial charge on any atom is -0.374 e. The van der Waals surface area contributed by atoms with Crippen LogP contribution in [0.25, 0.3) is 0 Å². The van der Waals surface area contributed by atoms with Crippen molar-refractivity contribution in [1.29, 1.82) is 0 Å². The largest absolute Gasteiger partial charge is 0.374 e. The van der Waals surface area contributed by atoms with E-state index in [1.807, 2.05) is 72.8 Å². The van der Waals surface area contributed by atoms with E-state index in [0.29, 0.717) is 33.0 Å². The molecule has 4 aromatic rings. The van der Waals surface area contributed by atoms with Crippen molar-refractivity contribution >= 4 is 8.07 Å². The molecule has 1 unspecified atom stereocenters. The van der Waals surface area contributed by atoms with E-state index in [1.54, 1.807) is 0 Å². The quantitative estimate of drug-likeness (QED) is 0.114. The van der Waals surface area contributed by atoms with Gasteiger partial charge in [-0.2, -0.15) is 0 Å². The molecule has 1 saturated heterocycles. The summed E-state index contributed by atoms with van der Waals surface area (Å²) in [5.74, 6) is 3.48. The van der Waals surface area contributed by atoms with Crippen molar-refractivity contribution in [3.05, 3.63) is 144 Å². The molecule has 1 aliphatic heterocycles.